The molecule has 13 heteroatoms. The van der Waals surface area contributed by atoms with E-state index in [2.05, 4.69) is 0 Å². The third-order valence-electron chi connectivity index (χ3n) is 2.85. The fourth-order valence-corrected chi connectivity index (χ4v) is 1.32. The Labute approximate surface area is 126 Å². The molecule has 0 spiro atoms. The highest BCUT2D eigenvalue weighted by molar-refractivity contribution is 5.85. The van der Waals surface area contributed by atoms with E-state index in [4.69, 9.17) is 5.11 Å². The van der Waals surface area contributed by atoms with Crippen molar-refractivity contribution in [2.24, 2.45) is 0 Å². The molecule has 0 heterocycles. The SMILES string of the molecule is CC(=CCCC(F)(F)C(F)(F)C(F)(F)C(F)(F)C(F)(F)F)C(=O)O. The lowest BCUT2D eigenvalue weighted by atomic mass is 9.95. The Balaban J connectivity index is 5.61. The summed E-state index contributed by atoms with van der Waals surface area (Å²) in [4.78, 5) is 10.3. The molecule has 142 valence electrons. The highest BCUT2D eigenvalue weighted by atomic mass is 19.4. The zero-order valence-electron chi connectivity index (χ0n) is 11.5. The lowest BCUT2D eigenvalue weighted by molar-refractivity contribution is -0.422. The van der Waals surface area contributed by atoms with Gasteiger partial charge in [0.05, 0.1) is 0 Å². The molecule has 0 atom stereocenters. The summed E-state index contributed by atoms with van der Waals surface area (Å²) in [5.74, 6) is -29.5. The van der Waals surface area contributed by atoms with Crippen LogP contribution in [-0.2, 0) is 4.79 Å². The van der Waals surface area contributed by atoms with Gasteiger partial charge in [0.25, 0.3) is 0 Å². The molecule has 0 radical (unpaired) electrons. The van der Waals surface area contributed by atoms with Gasteiger partial charge in [0.15, 0.2) is 0 Å². The number of carboxylic acid groups (broad SMARTS) is 1. The van der Waals surface area contributed by atoms with E-state index in [1.807, 2.05) is 0 Å². The lowest BCUT2D eigenvalue weighted by Crippen LogP contribution is -2.66. The molecule has 0 aromatic heterocycles. The fraction of sp³-hybridized carbons (Fsp3) is 0.727. The predicted octanol–water partition coefficient (Wildman–Crippen LogP) is 4.90. The second-order valence-corrected chi connectivity index (χ2v) is 4.66. The van der Waals surface area contributed by atoms with E-state index in [1.165, 1.54) is 0 Å². The van der Waals surface area contributed by atoms with Crippen LogP contribution < -0.4 is 0 Å². The molecule has 0 aromatic rings. The van der Waals surface area contributed by atoms with Crippen LogP contribution in [0.15, 0.2) is 11.6 Å². The van der Waals surface area contributed by atoms with E-state index in [0.29, 0.717) is 6.08 Å². The number of alkyl halides is 11. The Hall–Kier alpha value is -1.56. The molecule has 0 aromatic carbocycles. The van der Waals surface area contributed by atoms with Crippen molar-refractivity contribution in [2.45, 2.75) is 49.6 Å². The molecule has 0 unspecified atom stereocenters. The van der Waals surface area contributed by atoms with Gasteiger partial charge in [-0.2, -0.15) is 48.3 Å². The molecule has 2 nitrogen and oxygen atoms in total. The number of rotatable bonds is 7. The summed E-state index contributed by atoms with van der Waals surface area (Å²) >= 11 is 0. The normalized spacial score (nSPS) is 15.6. The van der Waals surface area contributed by atoms with E-state index in [9.17, 15) is 53.1 Å². The van der Waals surface area contributed by atoms with Crippen LogP contribution >= 0.6 is 0 Å². The minimum Gasteiger partial charge on any atom is -0.478 e. The maximum absolute atomic E-state index is 13.2. The molecular weight excluding hydrogens is 373 g/mol. The van der Waals surface area contributed by atoms with Crippen molar-refractivity contribution in [3.63, 3.8) is 0 Å². The van der Waals surface area contributed by atoms with Crippen molar-refractivity contribution in [2.75, 3.05) is 0 Å². The largest absolute Gasteiger partial charge is 0.478 e. The van der Waals surface area contributed by atoms with Crippen LogP contribution in [-0.4, -0.2) is 40.9 Å². The number of carboxylic acids is 1. The standard InChI is InChI=1S/C11H9F11O2/c1-5(6(23)24)3-2-4-7(12,13)8(14,15)9(16,17)10(18,19)11(20,21)22/h3H,2,4H2,1H3,(H,23,24). The van der Waals surface area contributed by atoms with Crippen molar-refractivity contribution in [3.05, 3.63) is 11.6 Å². The first-order valence-corrected chi connectivity index (χ1v) is 5.81. The Morgan fingerprint density at radius 3 is 1.58 bits per heavy atom. The van der Waals surface area contributed by atoms with E-state index in [1.54, 1.807) is 0 Å². The number of hydrogen-bond donors (Lipinski definition) is 1. The molecule has 1 N–H and O–H groups in total. The first-order valence-electron chi connectivity index (χ1n) is 5.81. The molecule has 0 fully saturated rings. The third kappa shape index (κ3) is 3.74. The van der Waals surface area contributed by atoms with Gasteiger partial charge in [-0.05, 0) is 13.3 Å². The molecule has 24 heavy (non-hydrogen) atoms. The van der Waals surface area contributed by atoms with Crippen molar-refractivity contribution < 1.29 is 58.2 Å². The van der Waals surface area contributed by atoms with Crippen molar-refractivity contribution in [1.29, 1.82) is 0 Å². The summed E-state index contributed by atoms with van der Waals surface area (Å²) in [7, 11) is 0. The second kappa shape index (κ2) is 6.39. The molecule has 0 saturated heterocycles. The Morgan fingerprint density at radius 1 is 0.833 bits per heavy atom. The average molecular weight is 382 g/mol. The molecule has 0 rings (SSSR count). The van der Waals surface area contributed by atoms with Crippen LogP contribution in [0.5, 0.6) is 0 Å². The average Bonchev–Trinajstić information content (AvgIpc) is 2.35. The zero-order valence-corrected chi connectivity index (χ0v) is 11.5. The monoisotopic (exact) mass is 382 g/mol. The number of carbonyl (C=O) groups is 1. The van der Waals surface area contributed by atoms with Crippen LogP contribution in [0.3, 0.4) is 0 Å². The van der Waals surface area contributed by atoms with Gasteiger partial charge in [0.2, 0.25) is 0 Å². The molecule has 0 saturated carbocycles. The van der Waals surface area contributed by atoms with Gasteiger partial charge in [-0.3, -0.25) is 0 Å². The smallest absolute Gasteiger partial charge is 0.460 e. The molecule has 0 amide bonds. The van der Waals surface area contributed by atoms with Gasteiger partial charge >= 0.3 is 35.8 Å². The van der Waals surface area contributed by atoms with E-state index in [0.717, 1.165) is 6.92 Å². The van der Waals surface area contributed by atoms with E-state index in [-0.39, 0.29) is 0 Å². The predicted molar refractivity (Wildman–Crippen MR) is 56.5 cm³/mol. The van der Waals surface area contributed by atoms with E-state index < -0.39 is 54.3 Å². The molecule has 0 aliphatic carbocycles. The molecule has 0 bridgehead atoms. The summed E-state index contributed by atoms with van der Waals surface area (Å²) in [5.41, 5.74) is -0.651. The molecule has 0 aliphatic rings. The van der Waals surface area contributed by atoms with Gasteiger partial charge in [-0.1, -0.05) is 6.08 Å². The summed E-state index contributed by atoms with van der Waals surface area (Å²) < 4.78 is 139. The number of halogens is 11. The summed E-state index contributed by atoms with van der Waals surface area (Å²) in [6.45, 7) is 0.824. The second-order valence-electron chi connectivity index (χ2n) is 4.66. The van der Waals surface area contributed by atoms with Crippen LogP contribution in [0.1, 0.15) is 19.8 Å². The van der Waals surface area contributed by atoms with Crippen LogP contribution in [0.2, 0.25) is 0 Å². The van der Waals surface area contributed by atoms with Gasteiger partial charge in [0, 0.05) is 12.0 Å². The Kier molecular flexibility index (Phi) is 5.97. The van der Waals surface area contributed by atoms with Crippen molar-refractivity contribution >= 4 is 5.97 Å². The minimum atomic E-state index is -7.44. The molecular formula is C11H9F11O2. The zero-order chi connectivity index (χ0) is 19.8. The minimum absolute atomic E-state index is 0.395. The quantitative estimate of drug-likeness (QED) is 0.502. The summed E-state index contributed by atoms with van der Waals surface area (Å²) in [6, 6.07) is 0. The number of aliphatic carboxylic acids is 1. The van der Waals surface area contributed by atoms with Gasteiger partial charge in [-0.25, -0.2) is 4.79 Å². The first kappa shape index (κ1) is 22.4. The Morgan fingerprint density at radius 2 is 1.25 bits per heavy atom. The highest BCUT2D eigenvalue weighted by Crippen LogP contribution is 2.58. The molecule has 0 aliphatic heterocycles. The van der Waals surface area contributed by atoms with Crippen LogP contribution in [0.25, 0.3) is 0 Å². The summed E-state index contributed by atoms with van der Waals surface area (Å²) in [5, 5.41) is 8.35. The first-order chi connectivity index (χ1) is 10.3. The highest BCUT2D eigenvalue weighted by Gasteiger charge is 2.86. The van der Waals surface area contributed by atoms with Crippen LogP contribution in [0.4, 0.5) is 48.3 Å². The third-order valence-corrected chi connectivity index (χ3v) is 2.85. The lowest BCUT2D eigenvalue weighted by Gasteiger charge is -2.37. The van der Waals surface area contributed by atoms with E-state index >= 15 is 0 Å². The van der Waals surface area contributed by atoms with Crippen LogP contribution in [0, 0.1) is 0 Å². The topological polar surface area (TPSA) is 37.3 Å². The summed E-state index contributed by atoms with van der Waals surface area (Å²) in [6.07, 6.45) is -10.4. The Bertz CT molecular complexity index is 505. The maximum Gasteiger partial charge on any atom is 0.460 e. The van der Waals surface area contributed by atoms with Gasteiger partial charge in [-0.15, -0.1) is 0 Å². The van der Waals surface area contributed by atoms with Crippen molar-refractivity contribution in [3.8, 4) is 0 Å². The number of hydrogen-bond acceptors (Lipinski definition) is 1. The number of allylic oxidation sites excluding steroid dienone is 1. The van der Waals surface area contributed by atoms with Gasteiger partial charge < -0.3 is 5.11 Å². The fourth-order valence-electron chi connectivity index (χ4n) is 1.32. The maximum atomic E-state index is 13.2. The van der Waals surface area contributed by atoms with Gasteiger partial charge in [0.1, 0.15) is 0 Å². The van der Waals surface area contributed by atoms with Crippen molar-refractivity contribution in [1.82, 2.24) is 0 Å².